The smallest absolute Gasteiger partial charge is 0.229 e. The lowest BCUT2D eigenvalue weighted by Crippen LogP contribution is -2.03. The minimum atomic E-state index is 0.0213. The Bertz CT molecular complexity index is 1150. The van der Waals surface area contributed by atoms with Crippen molar-refractivity contribution < 1.29 is 4.79 Å². The Morgan fingerprint density at radius 2 is 2.15 bits per heavy atom. The lowest BCUT2D eigenvalue weighted by Gasteiger charge is -2.08. The SMILES string of the molecule is O=C1Cc2cc(Nc3ncc4ccn(Cc5cccnc5)c4n3)ccc2N1. The molecule has 0 radical (unpaired) electrons. The molecule has 0 bridgehead atoms. The van der Waals surface area contributed by atoms with Crippen molar-refractivity contribution in [1.82, 2.24) is 19.5 Å². The molecule has 0 atom stereocenters. The molecule has 0 fully saturated rings. The summed E-state index contributed by atoms with van der Waals surface area (Å²) in [5, 5.41) is 7.05. The summed E-state index contributed by atoms with van der Waals surface area (Å²) in [4.78, 5) is 24.7. The molecular formula is C20H16N6O. The van der Waals surface area contributed by atoms with E-state index in [0.29, 0.717) is 18.9 Å². The van der Waals surface area contributed by atoms with E-state index in [0.717, 1.165) is 33.5 Å². The Hall–Kier alpha value is -3.74. The van der Waals surface area contributed by atoms with Crippen molar-refractivity contribution in [3.63, 3.8) is 0 Å². The highest BCUT2D eigenvalue weighted by Crippen LogP contribution is 2.27. The lowest BCUT2D eigenvalue weighted by atomic mass is 10.1. The molecule has 1 amide bonds. The second-order valence-corrected chi connectivity index (χ2v) is 6.50. The van der Waals surface area contributed by atoms with Gasteiger partial charge in [0, 0.05) is 41.5 Å². The molecule has 1 aliphatic rings. The van der Waals surface area contributed by atoms with Gasteiger partial charge in [-0.2, -0.15) is 4.98 Å². The van der Waals surface area contributed by atoms with Gasteiger partial charge in [0.1, 0.15) is 5.65 Å². The molecule has 4 heterocycles. The van der Waals surface area contributed by atoms with Crippen LogP contribution in [0.25, 0.3) is 11.0 Å². The van der Waals surface area contributed by atoms with Gasteiger partial charge in [-0.05, 0) is 41.5 Å². The molecule has 0 aliphatic carbocycles. The molecule has 5 rings (SSSR count). The quantitative estimate of drug-likeness (QED) is 0.587. The van der Waals surface area contributed by atoms with Crippen molar-refractivity contribution in [2.75, 3.05) is 10.6 Å². The minimum Gasteiger partial charge on any atom is -0.328 e. The number of carbonyl (C=O) groups is 1. The van der Waals surface area contributed by atoms with E-state index in [1.54, 1.807) is 6.20 Å². The Morgan fingerprint density at radius 3 is 3.04 bits per heavy atom. The van der Waals surface area contributed by atoms with Crippen LogP contribution in [0.15, 0.2) is 61.2 Å². The zero-order valence-electron chi connectivity index (χ0n) is 14.4. The first-order valence-electron chi connectivity index (χ1n) is 8.65. The van der Waals surface area contributed by atoms with Crippen molar-refractivity contribution in [2.24, 2.45) is 0 Å². The maximum Gasteiger partial charge on any atom is 0.229 e. The highest BCUT2D eigenvalue weighted by atomic mass is 16.1. The van der Waals surface area contributed by atoms with E-state index in [1.165, 1.54) is 0 Å². The topological polar surface area (TPSA) is 84.7 Å². The number of hydrogen-bond acceptors (Lipinski definition) is 5. The number of amides is 1. The second kappa shape index (κ2) is 6.21. The van der Waals surface area contributed by atoms with Crippen LogP contribution < -0.4 is 10.6 Å². The number of nitrogens with one attached hydrogen (secondary N) is 2. The monoisotopic (exact) mass is 356 g/mol. The first-order chi connectivity index (χ1) is 13.2. The van der Waals surface area contributed by atoms with E-state index in [9.17, 15) is 4.79 Å². The van der Waals surface area contributed by atoms with Crippen LogP contribution in [0.4, 0.5) is 17.3 Å². The maximum absolute atomic E-state index is 11.5. The average Bonchev–Trinajstić information content (AvgIpc) is 3.25. The van der Waals surface area contributed by atoms with Gasteiger partial charge < -0.3 is 15.2 Å². The molecule has 27 heavy (non-hydrogen) atoms. The Labute approximate surface area is 155 Å². The summed E-state index contributed by atoms with van der Waals surface area (Å²) in [6, 6.07) is 11.7. The third-order valence-electron chi connectivity index (χ3n) is 4.56. The summed E-state index contributed by atoms with van der Waals surface area (Å²) in [7, 11) is 0. The summed E-state index contributed by atoms with van der Waals surface area (Å²) in [6.07, 6.45) is 7.83. The van der Waals surface area contributed by atoms with Gasteiger partial charge >= 0.3 is 0 Å². The fourth-order valence-corrected chi connectivity index (χ4v) is 3.28. The predicted octanol–water partition coefficient (Wildman–Crippen LogP) is 3.11. The molecule has 4 aromatic rings. The van der Waals surface area contributed by atoms with Crippen LogP contribution in [0, 0.1) is 0 Å². The van der Waals surface area contributed by atoms with Gasteiger partial charge in [-0.15, -0.1) is 0 Å². The minimum absolute atomic E-state index is 0.0213. The number of nitrogens with zero attached hydrogens (tertiary/aromatic N) is 4. The van der Waals surface area contributed by atoms with Crippen molar-refractivity contribution in [2.45, 2.75) is 13.0 Å². The van der Waals surface area contributed by atoms with Crippen LogP contribution in [-0.4, -0.2) is 25.4 Å². The number of rotatable bonds is 4. The highest BCUT2D eigenvalue weighted by molar-refractivity contribution is 5.99. The van der Waals surface area contributed by atoms with Gasteiger partial charge in [0.15, 0.2) is 0 Å². The molecule has 132 valence electrons. The number of hydrogen-bond donors (Lipinski definition) is 2. The van der Waals surface area contributed by atoms with Gasteiger partial charge in [0.05, 0.1) is 13.0 Å². The number of pyridine rings is 1. The first-order valence-corrected chi connectivity index (χ1v) is 8.65. The van der Waals surface area contributed by atoms with Crippen molar-refractivity contribution in [3.8, 4) is 0 Å². The predicted molar refractivity (Wildman–Crippen MR) is 103 cm³/mol. The van der Waals surface area contributed by atoms with Crippen LogP contribution in [0.2, 0.25) is 0 Å². The van der Waals surface area contributed by atoms with E-state index in [-0.39, 0.29) is 5.91 Å². The summed E-state index contributed by atoms with van der Waals surface area (Å²) >= 11 is 0. The van der Waals surface area contributed by atoms with Gasteiger partial charge in [0.2, 0.25) is 11.9 Å². The van der Waals surface area contributed by atoms with Crippen LogP contribution in [-0.2, 0) is 17.8 Å². The molecule has 7 nitrogen and oxygen atoms in total. The molecule has 1 aliphatic heterocycles. The third kappa shape index (κ3) is 2.99. The van der Waals surface area contributed by atoms with Gasteiger partial charge in [-0.1, -0.05) is 6.07 Å². The van der Waals surface area contributed by atoms with E-state index in [1.807, 2.05) is 55.0 Å². The molecule has 0 unspecified atom stereocenters. The summed E-state index contributed by atoms with van der Waals surface area (Å²) < 4.78 is 2.07. The molecule has 2 N–H and O–H groups in total. The maximum atomic E-state index is 11.5. The highest BCUT2D eigenvalue weighted by Gasteiger charge is 2.17. The van der Waals surface area contributed by atoms with Gasteiger partial charge in [0.25, 0.3) is 0 Å². The van der Waals surface area contributed by atoms with E-state index >= 15 is 0 Å². The zero-order chi connectivity index (χ0) is 18.2. The average molecular weight is 356 g/mol. The van der Waals surface area contributed by atoms with Crippen LogP contribution >= 0.6 is 0 Å². The molecule has 0 spiro atoms. The number of carbonyl (C=O) groups excluding carboxylic acids is 1. The van der Waals surface area contributed by atoms with Gasteiger partial charge in [-0.3, -0.25) is 9.78 Å². The number of benzene rings is 1. The Kier molecular flexibility index (Phi) is 3.57. The van der Waals surface area contributed by atoms with E-state index in [4.69, 9.17) is 0 Å². The Balaban J connectivity index is 1.44. The van der Waals surface area contributed by atoms with Crippen LogP contribution in [0.1, 0.15) is 11.1 Å². The normalized spacial score (nSPS) is 12.8. The molecule has 0 saturated heterocycles. The largest absolute Gasteiger partial charge is 0.328 e. The molecule has 3 aromatic heterocycles. The van der Waals surface area contributed by atoms with Crippen LogP contribution in [0.5, 0.6) is 0 Å². The third-order valence-corrected chi connectivity index (χ3v) is 4.56. The summed E-state index contributed by atoms with van der Waals surface area (Å²) in [5.74, 6) is 0.541. The van der Waals surface area contributed by atoms with E-state index in [2.05, 4.69) is 30.2 Å². The van der Waals surface area contributed by atoms with Crippen molar-refractivity contribution >= 4 is 34.3 Å². The first kappa shape index (κ1) is 15.5. The van der Waals surface area contributed by atoms with Crippen molar-refractivity contribution in [1.29, 1.82) is 0 Å². The van der Waals surface area contributed by atoms with Crippen LogP contribution in [0.3, 0.4) is 0 Å². The molecule has 0 saturated carbocycles. The summed E-state index contributed by atoms with van der Waals surface area (Å²) in [5.41, 5.74) is 4.67. The number of anilines is 3. The number of aromatic nitrogens is 4. The van der Waals surface area contributed by atoms with Crippen molar-refractivity contribution in [3.05, 3.63) is 72.3 Å². The molecular weight excluding hydrogens is 340 g/mol. The fourth-order valence-electron chi connectivity index (χ4n) is 3.28. The van der Waals surface area contributed by atoms with E-state index < -0.39 is 0 Å². The van der Waals surface area contributed by atoms with Gasteiger partial charge in [-0.25, -0.2) is 4.98 Å². The standard InChI is InChI=1S/C20H16N6O/c27-18-9-15-8-16(3-4-17(15)24-18)23-20-22-11-14-5-7-26(19(14)25-20)12-13-2-1-6-21-10-13/h1-8,10-11H,9,12H2,(H,24,27)(H,22,23,25). The fraction of sp³-hybridized carbons (Fsp3) is 0.100. The molecule has 7 heteroatoms. The number of fused-ring (bicyclic) bond motifs is 2. The summed E-state index contributed by atoms with van der Waals surface area (Å²) in [6.45, 7) is 0.695. The lowest BCUT2D eigenvalue weighted by molar-refractivity contribution is -0.115. The zero-order valence-corrected chi connectivity index (χ0v) is 14.4. The Morgan fingerprint density at radius 1 is 1.19 bits per heavy atom. The second-order valence-electron chi connectivity index (χ2n) is 6.50. The molecule has 1 aromatic carbocycles.